The number of imidazole rings is 1. The summed E-state index contributed by atoms with van der Waals surface area (Å²) in [6.45, 7) is -2.56. The van der Waals surface area contributed by atoms with Crippen LogP contribution in [0.2, 0.25) is 0 Å². The molecule has 0 amide bonds. The monoisotopic (exact) mass is 314 g/mol. The maximum Gasteiger partial charge on any atom is 0.319 e. The first-order valence-corrected chi connectivity index (χ1v) is 7.22. The Kier molecular flexibility index (Phi) is 5.72. The smallest absolute Gasteiger partial charge is 0.319 e. The maximum absolute atomic E-state index is 12.7. The molecule has 0 fully saturated rings. The summed E-state index contributed by atoms with van der Waals surface area (Å²) >= 11 is 1.45. The van der Waals surface area contributed by atoms with Crippen molar-refractivity contribution in [3.63, 3.8) is 0 Å². The van der Waals surface area contributed by atoms with Crippen LogP contribution >= 0.6 is 11.8 Å². The third-order valence-corrected chi connectivity index (χ3v) is 3.92. The van der Waals surface area contributed by atoms with Crippen molar-refractivity contribution in [3.05, 3.63) is 48.0 Å². The second kappa shape index (κ2) is 7.53. The molecule has 0 atom stereocenters. The quantitative estimate of drug-likeness (QED) is 0.574. The van der Waals surface area contributed by atoms with Gasteiger partial charge in [0, 0.05) is 37.1 Å². The van der Waals surface area contributed by atoms with E-state index in [4.69, 9.17) is 9.47 Å². The van der Waals surface area contributed by atoms with E-state index >= 15 is 0 Å². The van der Waals surface area contributed by atoms with Gasteiger partial charge in [-0.2, -0.15) is 8.78 Å². The molecule has 114 valence electrons. The van der Waals surface area contributed by atoms with Gasteiger partial charge < -0.3 is 9.47 Å². The first-order valence-electron chi connectivity index (χ1n) is 6.24. The highest BCUT2D eigenvalue weighted by atomic mass is 32.2. The summed E-state index contributed by atoms with van der Waals surface area (Å²) in [4.78, 5) is 4.91. The topological polar surface area (TPSA) is 36.3 Å². The normalized spacial score (nSPS) is 11.5. The molecule has 1 aromatic heterocycles. The van der Waals surface area contributed by atoms with Gasteiger partial charge in [-0.1, -0.05) is 12.1 Å². The molecule has 1 aromatic carbocycles. The van der Waals surface area contributed by atoms with Gasteiger partial charge >= 0.3 is 6.55 Å². The minimum Gasteiger partial charge on any atom is -0.352 e. The Morgan fingerprint density at radius 2 is 1.86 bits per heavy atom. The van der Waals surface area contributed by atoms with Crippen LogP contribution in [0.25, 0.3) is 0 Å². The van der Waals surface area contributed by atoms with Gasteiger partial charge in [-0.3, -0.25) is 4.57 Å². The fourth-order valence-corrected chi connectivity index (χ4v) is 2.72. The Hall–Kier alpha value is -1.44. The highest BCUT2D eigenvalue weighted by Gasteiger charge is 2.12. The molecule has 7 heteroatoms. The van der Waals surface area contributed by atoms with Crippen LogP contribution in [0.5, 0.6) is 0 Å². The van der Waals surface area contributed by atoms with E-state index < -0.39 is 12.8 Å². The summed E-state index contributed by atoms with van der Waals surface area (Å²) < 4.78 is 36.6. The first kappa shape index (κ1) is 15.9. The second-order valence-electron chi connectivity index (χ2n) is 4.19. The molecule has 0 saturated carbocycles. The Morgan fingerprint density at radius 1 is 1.19 bits per heavy atom. The number of hydrogen-bond acceptors (Lipinski definition) is 4. The number of ether oxygens (including phenoxy) is 2. The SMILES string of the molecule is COC(OC)c1ccc(SCc2nccn2C(F)F)cc1. The maximum atomic E-state index is 12.7. The van der Waals surface area contributed by atoms with E-state index in [1.54, 1.807) is 14.2 Å². The Balaban J connectivity index is 1.99. The lowest BCUT2D eigenvalue weighted by Crippen LogP contribution is -2.03. The van der Waals surface area contributed by atoms with Crippen LogP contribution in [-0.4, -0.2) is 23.8 Å². The number of nitrogens with zero attached hydrogens (tertiary/aromatic N) is 2. The van der Waals surface area contributed by atoms with Crippen molar-refractivity contribution in [3.8, 4) is 0 Å². The standard InChI is InChI=1S/C14H16F2N2O2S/c1-19-13(20-2)10-3-5-11(6-4-10)21-9-12-17-7-8-18(12)14(15)16/h3-8,13-14H,9H2,1-2H3. The summed E-state index contributed by atoms with van der Waals surface area (Å²) in [5.74, 6) is 0.736. The molecule has 0 bridgehead atoms. The van der Waals surface area contributed by atoms with E-state index in [0.717, 1.165) is 15.0 Å². The van der Waals surface area contributed by atoms with Gasteiger partial charge in [0.15, 0.2) is 6.29 Å². The number of halogens is 2. The van der Waals surface area contributed by atoms with Crippen LogP contribution in [0.15, 0.2) is 41.6 Å². The predicted octanol–water partition coefficient (Wildman–Crippen LogP) is 3.86. The number of hydrogen-bond donors (Lipinski definition) is 0. The molecule has 0 spiro atoms. The van der Waals surface area contributed by atoms with Crippen LogP contribution in [0, 0.1) is 0 Å². The summed E-state index contributed by atoms with van der Waals surface area (Å²) in [5.41, 5.74) is 0.901. The molecular formula is C14H16F2N2O2S. The van der Waals surface area contributed by atoms with Crippen LogP contribution in [0.1, 0.15) is 24.2 Å². The minimum atomic E-state index is -2.56. The summed E-state index contributed by atoms with van der Waals surface area (Å²) in [6.07, 6.45) is 2.26. The summed E-state index contributed by atoms with van der Waals surface area (Å²) in [5, 5.41) is 0. The largest absolute Gasteiger partial charge is 0.352 e. The van der Waals surface area contributed by atoms with E-state index in [9.17, 15) is 8.78 Å². The molecular weight excluding hydrogens is 298 g/mol. The van der Waals surface area contributed by atoms with Crippen molar-refractivity contribution in [2.75, 3.05) is 14.2 Å². The molecule has 21 heavy (non-hydrogen) atoms. The van der Waals surface area contributed by atoms with E-state index in [0.29, 0.717) is 11.6 Å². The molecule has 0 N–H and O–H groups in total. The Labute approximate surface area is 126 Å². The van der Waals surface area contributed by atoms with E-state index in [2.05, 4.69) is 4.98 Å². The molecule has 0 radical (unpaired) electrons. The van der Waals surface area contributed by atoms with Gasteiger partial charge in [0.25, 0.3) is 0 Å². The molecule has 0 aliphatic carbocycles. The van der Waals surface area contributed by atoms with Crippen LogP contribution in [-0.2, 0) is 15.2 Å². The van der Waals surface area contributed by atoms with Crippen molar-refractivity contribution in [1.82, 2.24) is 9.55 Å². The van der Waals surface area contributed by atoms with Crippen molar-refractivity contribution in [2.24, 2.45) is 0 Å². The summed E-state index contributed by atoms with van der Waals surface area (Å²) in [7, 11) is 3.14. The molecule has 0 aliphatic rings. The number of rotatable bonds is 7. The van der Waals surface area contributed by atoms with Gasteiger partial charge in [-0.25, -0.2) is 4.98 Å². The number of aromatic nitrogens is 2. The third-order valence-electron chi connectivity index (χ3n) is 2.91. The number of thioether (sulfide) groups is 1. The zero-order valence-corrected chi connectivity index (χ0v) is 12.5. The van der Waals surface area contributed by atoms with Crippen LogP contribution in [0.4, 0.5) is 8.78 Å². The average molecular weight is 314 g/mol. The highest BCUT2D eigenvalue weighted by Crippen LogP contribution is 2.26. The van der Waals surface area contributed by atoms with E-state index in [1.165, 1.54) is 24.2 Å². The van der Waals surface area contributed by atoms with Gasteiger partial charge in [0.1, 0.15) is 5.82 Å². The van der Waals surface area contributed by atoms with Crippen molar-refractivity contribution < 1.29 is 18.3 Å². The number of alkyl halides is 2. The van der Waals surface area contributed by atoms with Crippen molar-refractivity contribution in [1.29, 1.82) is 0 Å². The first-order chi connectivity index (χ1) is 10.2. The third kappa shape index (κ3) is 4.03. The summed E-state index contributed by atoms with van der Waals surface area (Å²) in [6, 6.07) is 7.58. The lowest BCUT2D eigenvalue weighted by Gasteiger charge is -2.13. The Morgan fingerprint density at radius 3 is 2.43 bits per heavy atom. The lowest BCUT2D eigenvalue weighted by atomic mass is 10.2. The van der Waals surface area contributed by atoms with E-state index in [1.807, 2.05) is 24.3 Å². The number of methoxy groups -OCH3 is 2. The fraction of sp³-hybridized carbons (Fsp3) is 0.357. The minimum absolute atomic E-state index is 0.353. The zero-order valence-electron chi connectivity index (χ0n) is 11.7. The van der Waals surface area contributed by atoms with Gasteiger partial charge in [-0.05, 0) is 12.1 Å². The molecule has 0 aliphatic heterocycles. The molecule has 1 heterocycles. The molecule has 0 unspecified atom stereocenters. The van der Waals surface area contributed by atoms with Crippen molar-refractivity contribution in [2.45, 2.75) is 23.5 Å². The second-order valence-corrected chi connectivity index (χ2v) is 5.24. The fourth-order valence-electron chi connectivity index (χ4n) is 1.87. The molecule has 2 aromatic rings. The molecule has 2 rings (SSSR count). The van der Waals surface area contributed by atoms with Crippen molar-refractivity contribution >= 4 is 11.8 Å². The predicted molar refractivity (Wildman–Crippen MR) is 76.2 cm³/mol. The average Bonchev–Trinajstić information content (AvgIpc) is 2.96. The van der Waals surface area contributed by atoms with Gasteiger partial charge in [-0.15, -0.1) is 11.8 Å². The molecule has 4 nitrogen and oxygen atoms in total. The number of benzene rings is 1. The van der Waals surface area contributed by atoms with Gasteiger partial charge in [0.2, 0.25) is 0 Å². The highest BCUT2D eigenvalue weighted by molar-refractivity contribution is 7.98. The van der Waals surface area contributed by atoms with Crippen LogP contribution < -0.4 is 0 Å². The van der Waals surface area contributed by atoms with Gasteiger partial charge in [0.05, 0.1) is 5.75 Å². The van der Waals surface area contributed by atoms with E-state index in [-0.39, 0.29) is 0 Å². The molecule has 0 saturated heterocycles. The lowest BCUT2D eigenvalue weighted by molar-refractivity contribution is -0.106. The zero-order chi connectivity index (χ0) is 15.2. The Bertz CT molecular complexity index is 556. The van der Waals surface area contributed by atoms with Crippen LogP contribution in [0.3, 0.4) is 0 Å².